The lowest BCUT2D eigenvalue weighted by Crippen LogP contribution is -2.35. The third-order valence-corrected chi connectivity index (χ3v) is 6.00. The van der Waals surface area contributed by atoms with E-state index in [1.165, 1.54) is 12.8 Å². The van der Waals surface area contributed by atoms with E-state index in [0.717, 1.165) is 29.7 Å². The molecule has 0 spiro atoms. The zero-order chi connectivity index (χ0) is 21.0. The number of ether oxygens (including phenoxy) is 2. The first-order valence-corrected chi connectivity index (χ1v) is 11.4. The lowest BCUT2D eigenvalue weighted by molar-refractivity contribution is 0.0284. The molecule has 1 amide bonds. The highest BCUT2D eigenvalue weighted by molar-refractivity contribution is 9.10. The highest BCUT2D eigenvalue weighted by Crippen LogP contribution is 2.28. The van der Waals surface area contributed by atoms with Crippen molar-refractivity contribution < 1.29 is 14.3 Å². The van der Waals surface area contributed by atoms with Gasteiger partial charge in [-0.15, -0.1) is 0 Å². The van der Waals surface area contributed by atoms with Gasteiger partial charge in [0.2, 0.25) is 11.8 Å². The minimum Gasteiger partial charge on any atom is -0.476 e. The molecule has 1 saturated carbocycles. The van der Waals surface area contributed by atoms with Crippen molar-refractivity contribution >= 4 is 28.0 Å². The molecule has 0 aromatic carbocycles. The fraction of sp³-hybridized carbons (Fsp3) is 0.762. The number of rotatable bonds is 5. The van der Waals surface area contributed by atoms with Crippen molar-refractivity contribution in [2.45, 2.75) is 71.4 Å². The molecule has 2 heterocycles. The predicted molar refractivity (Wildman–Crippen MR) is 116 cm³/mol. The Morgan fingerprint density at radius 2 is 2.00 bits per heavy atom. The third kappa shape index (κ3) is 6.73. The molecule has 0 unspecified atom stereocenters. The van der Waals surface area contributed by atoms with Crippen molar-refractivity contribution in [2.75, 3.05) is 25.0 Å². The first-order chi connectivity index (χ1) is 13.7. The number of likely N-dealkylation sites (tertiary alicyclic amines) is 1. The number of hydrogen-bond donors (Lipinski definition) is 1. The molecule has 2 aliphatic rings. The maximum absolute atomic E-state index is 12.2. The zero-order valence-electron chi connectivity index (χ0n) is 17.9. The van der Waals surface area contributed by atoms with Gasteiger partial charge >= 0.3 is 6.09 Å². The largest absolute Gasteiger partial charge is 0.476 e. The summed E-state index contributed by atoms with van der Waals surface area (Å²) in [6, 6.07) is 0.428. The van der Waals surface area contributed by atoms with Crippen LogP contribution < -0.4 is 10.1 Å². The second-order valence-corrected chi connectivity index (χ2v) is 10.2. The van der Waals surface area contributed by atoms with Gasteiger partial charge in [-0.3, -0.25) is 0 Å². The van der Waals surface area contributed by atoms with Gasteiger partial charge < -0.3 is 19.7 Å². The smallest absolute Gasteiger partial charge is 0.410 e. The number of amides is 1. The van der Waals surface area contributed by atoms with Crippen LogP contribution >= 0.6 is 15.9 Å². The highest BCUT2D eigenvalue weighted by atomic mass is 79.9. The Kier molecular flexibility index (Phi) is 7.24. The summed E-state index contributed by atoms with van der Waals surface area (Å²) >= 11 is 3.48. The molecule has 29 heavy (non-hydrogen) atoms. The summed E-state index contributed by atoms with van der Waals surface area (Å²) in [6.07, 6.45) is 7.17. The van der Waals surface area contributed by atoms with Crippen molar-refractivity contribution in [1.29, 1.82) is 0 Å². The van der Waals surface area contributed by atoms with Crippen LogP contribution in [0.1, 0.15) is 59.8 Å². The van der Waals surface area contributed by atoms with Gasteiger partial charge in [0.15, 0.2) is 0 Å². The number of carbonyl (C=O) groups excluding carboxylic acids is 1. The molecule has 0 radical (unpaired) electrons. The van der Waals surface area contributed by atoms with E-state index in [9.17, 15) is 4.79 Å². The average molecular weight is 469 g/mol. The van der Waals surface area contributed by atoms with E-state index >= 15 is 0 Å². The molecule has 1 aliphatic carbocycles. The van der Waals surface area contributed by atoms with Gasteiger partial charge in [-0.2, -0.15) is 4.98 Å². The molecule has 1 atom stereocenters. The SMILES string of the molecule is CC(C)(C)OC(=O)N1CC[C@@H](COc2nc(N[C@H]3CC[C@@H](C)CC3)ncc2Br)C1. The molecule has 162 valence electrons. The molecular formula is C21H33BrN4O3. The van der Waals surface area contributed by atoms with E-state index in [-0.39, 0.29) is 12.0 Å². The van der Waals surface area contributed by atoms with Crippen molar-refractivity contribution in [3.05, 3.63) is 10.7 Å². The fourth-order valence-electron chi connectivity index (χ4n) is 3.77. The summed E-state index contributed by atoms with van der Waals surface area (Å²) in [5.74, 6) is 2.23. The van der Waals surface area contributed by atoms with Crippen LogP contribution in [0.25, 0.3) is 0 Å². The van der Waals surface area contributed by atoms with Crippen LogP contribution in [0.3, 0.4) is 0 Å². The minimum atomic E-state index is -0.475. The molecule has 8 heteroatoms. The van der Waals surface area contributed by atoms with Crippen LogP contribution in [0.4, 0.5) is 10.7 Å². The number of aromatic nitrogens is 2. The van der Waals surface area contributed by atoms with Crippen molar-refractivity contribution in [2.24, 2.45) is 11.8 Å². The van der Waals surface area contributed by atoms with Crippen LogP contribution in [0.5, 0.6) is 5.88 Å². The summed E-state index contributed by atoms with van der Waals surface area (Å²) < 4.78 is 12.2. The number of halogens is 1. The zero-order valence-corrected chi connectivity index (χ0v) is 19.5. The van der Waals surface area contributed by atoms with Crippen molar-refractivity contribution in [3.63, 3.8) is 0 Å². The van der Waals surface area contributed by atoms with Crippen LogP contribution in [0.2, 0.25) is 0 Å². The van der Waals surface area contributed by atoms with Gasteiger partial charge in [-0.25, -0.2) is 9.78 Å². The summed E-state index contributed by atoms with van der Waals surface area (Å²) in [5.41, 5.74) is -0.475. The Bertz CT molecular complexity index is 702. The lowest BCUT2D eigenvalue weighted by atomic mass is 9.87. The highest BCUT2D eigenvalue weighted by Gasteiger charge is 2.30. The molecule has 7 nitrogen and oxygen atoms in total. The van der Waals surface area contributed by atoms with E-state index in [2.05, 4.69) is 38.1 Å². The molecule has 1 saturated heterocycles. The molecular weight excluding hydrogens is 436 g/mol. The Morgan fingerprint density at radius 1 is 1.28 bits per heavy atom. The molecule has 3 rings (SSSR count). The normalized spacial score (nSPS) is 25.0. The Labute approximate surface area is 182 Å². The number of nitrogens with one attached hydrogen (secondary N) is 1. The molecule has 1 N–H and O–H groups in total. The Morgan fingerprint density at radius 3 is 2.69 bits per heavy atom. The van der Waals surface area contributed by atoms with Gasteiger partial charge in [-0.05, 0) is 74.7 Å². The van der Waals surface area contributed by atoms with E-state index in [1.807, 2.05) is 20.8 Å². The monoisotopic (exact) mass is 468 g/mol. The van der Waals surface area contributed by atoms with Crippen molar-refractivity contribution in [3.8, 4) is 5.88 Å². The number of hydrogen-bond acceptors (Lipinski definition) is 6. The quantitative estimate of drug-likeness (QED) is 0.664. The van der Waals surface area contributed by atoms with Gasteiger partial charge in [0.25, 0.3) is 0 Å². The van der Waals surface area contributed by atoms with Gasteiger partial charge in [0.05, 0.1) is 17.3 Å². The second kappa shape index (κ2) is 9.49. The summed E-state index contributed by atoms with van der Waals surface area (Å²) in [7, 11) is 0. The van der Waals surface area contributed by atoms with E-state index < -0.39 is 5.60 Å². The first kappa shape index (κ1) is 22.1. The van der Waals surface area contributed by atoms with Crippen LogP contribution in [0, 0.1) is 11.8 Å². The summed E-state index contributed by atoms with van der Waals surface area (Å²) in [4.78, 5) is 22.9. The molecule has 2 fully saturated rings. The third-order valence-electron chi connectivity index (χ3n) is 5.45. The van der Waals surface area contributed by atoms with Crippen molar-refractivity contribution in [1.82, 2.24) is 14.9 Å². The average Bonchev–Trinajstić information content (AvgIpc) is 3.12. The second-order valence-electron chi connectivity index (χ2n) is 9.34. The maximum atomic E-state index is 12.2. The first-order valence-electron chi connectivity index (χ1n) is 10.6. The van der Waals surface area contributed by atoms with E-state index in [1.54, 1.807) is 11.1 Å². The number of carbonyl (C=O) groups is 1. The standard InChI is InChI=1S/C21H33BrN4O3/c1-14-5-7-16(8-6-14)24-19-23-11-17(22)18(25-19)28-13-15-9-10-26(12-15)20(27)29-21(2,3)4/h11,14-16H,5-10,12-13H2,1-4H3,(H,23,24,25)/t14-,15-,16+/m1/s1. The van der Waals surface area contributed by atoms with Gasteiger partial charge in [0.1, 0.15) is 5.60 Å². The van der Waals surface area contributed by atoms with Crippen LogP contribution in [-0.2, 0) is 4.74 Å². The molecule has 0 bridgehead atoms. The summed E-state index contributed by atoms with van der Waals surface area (Å²) in [6.45, 7) is 9.81. The topological polar surface area (TPSA) is 76.6 Å². The maximum Gasteiger partial charge on any atom is 0.410 e. The lowest BCUT2D eigenvalue weighted by Gasteiger charge is -2.27. The summed E-state index contributed by atoms with van der Waals surface area (Å²) in [5, 5.41) is 3.45. The fourth-order valence-corrected chi connectivity index (χ4v) is 4.07. The minimum absolute atomic E-state index is 0.253. The van der Waals surface area contributed by atoms with Crippen LogP contribution in [0.15, 0.2) is 10.7 Å². The molecule has 1 aromatic heterocycles. The Balaban J connectivity index is 1.50. The molecule has 1 aromatic rings. The van der Waals surface area contributed by atoms with Gasteiger partial charge in [0, 0.05) is 25.0 Å². The van der Waals surface area contributed by atoms with Crippen LogP contribution in [-0.4, -0.2) is 52.3 Å². The van der Waals surface area contributed by atoms with E-state index in [0.29, 0.717) is 37.6 Å². The number of nitrogens with zero attached hydrogens (tertiary/aromatic N) is 3. The Hall–Kier alpha value is -1.57. The van der Waals surface area contributed by atoms with Gasteiger partial charge in [-0.1, -0.05) is 6.92 Å². The predicted octanol–water partition coefficient (Wildman–Crippen LogP) is 4.87. The van der Waals surface area contributed by atoms with E-state index in [4.69, 9.17) is 9.47 Å². The number of anilines is 1. The molecule has 1 aliphatic heterocycles.